The van der Waals surface area contributed by atoms with Crippen LogP contribution in [0, 0.1) is 13.8 Å². The summed E-state index contributed by atoms with van der Waals surface area (Å²) in [5, 5.41) is 3.56. The molecule has 1 aliphatic rings. The molecule has 1 saturated heterocycles. The molecule has 0 amide bonds. The molecular formula is C15H23NO. The smallest absolute Gasteiger partial charge is 0.125 e. The Morgan fingerprint density at radius 2 is 2.00 bits per heavy atom. The number of benzene rings is 1. The zero-order chi connectivity index (χ0) is 12.4. The zero-order valence-corrected chi connectivity index (χ0v) is 11.3. The highest BCUT2D eigenvalue weighted by molar-refractivity contribution is 5.47. The fraction of sp³-hybridized carbons (Fsp3) is 0.600. The molecule has 2 rings (SSSR count). The van der Waals surface area contributed by atoms with E-state index < -0.39 is 0 Å². The van der Waals surface area contributed by atoms with Gasteiger partial charge in [-0.2, -0.15) is 0 Å². The maximum absolute atomic E-state index is 5.61. The van der Waals surface area contributed by atoms with Gasteiger partial charge in [-0.15, -0.1) is 0 Å². The van der Waals surface area contributed by atoms with Crippen molar-refractivity contribution in [2.75, 3.05) is 13.7 Å². The quantitative estimate of drug-likeness (QED) is 0.847. The van der Waals surface area contributed by atoms with E-state index >= 15 is 0 Å². The molecule has 0 spiro atoms. The number of ether oxygens (including phenoxy) is 1. The Hall–Kier alpha value is -1.02. The third-order valence-corrected chi connectivity index (χ3v) is 4.01. The molecule has 2 heteroatoms. The van der Waals surface area contributed by atoms with Gasteiger partial charge in [-0.3, -0.25) is 0 Å². The van der Waals surface area contributed by atoms with Gasteiger partial charge in [-0.05, 0) is 50.3 Å². The summed E-state index contributed by atoms with van der Waals surface area (Å²) in [7, 11) is 1.78. The standard InChI is InChI=1S/C15H23NO/c1-10-5-8-14(15(17-4)12(10)3)13-7-6-11(2)16-9-13/h5,8,11,13,16H,6-7,9H2,1-4H3. The summed E-state index contributed by atoms with van der Waals surface area (Å²) >= 11 is 0. The number of nitrogens with one attached hydrogen (secondary N) is 1. The van der Waals surface area contributed by atoms with Crippen LogP contribution >= 0.6 is 0 Å². The van der Waals surface area contributed by atoms with Crippen molar-refractivity contribution < 1.29 is 4.74 Å². The summed E-state index contributed by atoms with van der Waals surface area (Å²) in [5.74, 6) is 1.69. The van der Waals surface area contributed by atoms with Gasteiger partial charge >= 0.3 is 0 Å². The van der Waals surface area contributed by atoms with Crippen LogP contribution in [-0.4, -0.2) is 19.7 Å². The van der Waals surface area contributed by atoms with Crippen LogP contribution in [0.4, 0.5) is 0 Å². The van der Waals surface area contributed by atoms with Crippen LogP contribution in [0.25, 0.3) is 0 Å². The average Bonchev–Trinajstić information content (AvgIpc) is 2.34. The Kier molecular flexibility index (Phi) is 3.72. The summed E-state index contributed by atoms with van der Waals surface area (Å²) in [6.07, 6.45) is 2.51. The predicted molar refractivity (Wildman–Crippen MR) is 71.9 cm³/mol. The van der Waals surface area contributed by atoms with E-state index in [0.29, 0.717) is 12.0 Å². The summed E-state index contributed by atoms with van der Waals surface area (Å²) in [6.45, 7) is 7.62. The number of piperidine rings is 1. The van der Waals surface area contributed by atoms with Crippen molar-refractivity contribution in [1.29, 1.82) is 0 Å². The first-order valence-corrected chi connectivity index (χ1v) is 6.51. The number of hydrogen-bond donors (Lipinski definition) is 1. The summed E-state index contributed by atoms with van der Waals surface area (Å²) in [5.41, 5.74) is 3.96. The Bertz CT molecular complexity index is 392. The van der Waals surface area contributed by atoms with Gasteiger partial charge in [0.2, 0.25) is 0 Å². The fourth-order valence-corrected chi connectivity index (χ4v) is 2.67. The van der Waals surface area contributed by atoms with E-state index in [-0.39, 0.29) is 0 Å². The molecule has 1 fully saturated rings. The molecule has 1 heterocycles. The highest BCUT2D eigenvalue weighted by atomic mass is 16.5. The Morgan fingerprint density at radius 1 is 1.24 bits per heavy atom. The second kappa shape index (κ2) is 5.09. The van der Waals surface area contributed by atoms with Gasteiger partial charge in [-0.25, -0.2) is 0 Å². The van der Waals surface area contributed by atoms with Crippen molar-refractivity contribution >= 4 is 0 Å². The maximum Gasteiger partial charge on any atom is 0.125 e. The van der Waals surface area contributed by atoms with Crippen LogP contribution in [-0.2, 0) is 0 Å². The minimum atomic E-state index is 0.598. The van der Waals surface area contributed by atoms with Gasteiger partial charge in [0.15, 0.2) is 0 Å². The van der Waals surface area contributed by atoms with Crippen molar-refractivity contribution in [3.63, 3.8) is 0 Å². The molecule has 1 aromatic carbocycles. The van der Waals surface area contributed by atoms with Crippen LogP contribution < -0.4 is 10.1 Å². The monoisotopic (exact) mass is 233 g/mol. The zero-order valence-electron chi connectivity index (χ0n) is 11.3. The molecule has 1 N–H and O–H groups in total. The van der Waals surface area contributed by atoms with Crippen LogP contribution in [0.15, 0.2) is 12.1 Å². The van der Waals surface area contributed by atoms with Crippen molar-refractivity contribution in [2.24, 2.45) is 0 Å². The lowest BCUT2D eigenvalue weighted by molar-refractivity contribution is 0.363. The molecule has 0 bridgehead atoms. The van der Waals surface area contributed by atoms with E-state index in [1.807, 2.05) is 0 Å². The average molecular weight is 233 g/mol. The first-order chi connectivity index (χ1) is 8.13. The molecule has 0 radical (unpaired) electrons. The summed E-state index contributed by atoms with van der Waals surface area (Å²) in [6, 6.07) is 5.11. The topological polar surface area (TPSA) is 21.3 Å². The lowest BCUT2D eigenvalue weighted by atomic mass is 9.87. The van der Waals surface area contributed by atoms with Crippen molar-refractivity contribution in [1.82, 2.24) is 5.32 Å². The first-order valence-electron chi connectivity index (χ1n) is 6.51. The van der Waals surface area contributed by atoms with Gasteiger partial charge in [0.05, 0.1) is 7.11 Å². The molecule has 0 aromatic heterocycles. The molecule has 2 unspecified atom stereocenters. The van der Waals surface area contributed by atoms with Crippen molar-refractivity contribution in [3.8, 4) is 5.75 Å². The lowest BCUT2D eigenvalue weighted by Crippen LogP contribution is -2.35. The van der Waals surface area contributed by atoms with Gasteiger partial charge in [-0.1, -0.05) is 12.1 Å². The van der Waals surface area contributed by atoms with Crippen LogP contribution in [0.3, 0.4) is 0 Å². The Labute approximate surface area is 104 Å². The number of hydrogen-bond acceptors (Lipinski definition) is 2. The Balaban J connectivity index is 2.29. The third-order valence-electron chi connectivity index (χ3n) is 4.01. The van der Waals surface area contributed by atoms with E-state index in [1.165, 1.54) is 29.5 Å². The molecule has 17 heavy (non-hydrogen) atoms. The van der Waals surface area contributed by atoms with Gasteiger partial charge in [0.1, 0.15) is 5.75 Å². The van der Waals surface area contributed by atoms with E-state index in [9.17, 15) is 0 Å². The van der Waals surface area contributed by atoms with E-state index in [4.69, 9.17) is 4.74 Å². The summed E-state index contributed by atoms with van der Waals surface area (Å²) < 4.78 is 5.61. The van der Waals surface area contributed by atoms with Crippen LogP contribution in [0.5, 0.6) is 5.75 Å². The molecule has 0 saturated carbocycles. The lowest BCUT2D eigenvalue weighted by Gasteiger charge is -2.29. The SMILES string of the molecule is COc1c(C2CCC(C)NC2)ccc(C)c1C. The molecule has 2 atom stereocenters. The number of methoxy groups -OCH3 is 1. The fourth-order valence-electron chi connectivity index (χ4n) is 2.67. The second-order valence-corrected chi connectivity index (χ2v) is 5.21. The minimum absolute atomic E-state index is 0.598. The number of rotatable bonds is 2. The molecule has 94 valence electrons. The molecule has 0 aliphatic carbocycles. The third kappa shape index (κ3) is 2.47. The van der Waals surface area contributed by atoms with E-state index in [1.54, 1.807) is 7.11 Å². The van der Waals surface area contributed by atoms with E-state index in [2.05, 4.69) is 38.2 Å². The molecule has 1 aromatic rings. The molecular weight excluding hydrogens is 210 g/mol. The van der Waals surface area contributed by atoms with Gasteiger partial charge < -0.3 is 10.1 Å². The first kappa shape index (κ1) is 12.4. The predicted octanol–water partition coefficient (Wildman–Crippen LogP) is 3.17. The summed E-state index contributed by atoms with van der Waals surface area (Å²) in [4.78, 5) is 0. The minimum Gasteiger partial charge on any atom is -0.496 e. The van der Waals surface area contributed by atoms with Crippen molar-refractivity contribution in [3.05, 3.63) is 28.8 Å². The highest BCUT2D eigenvalue weighted by Gasteiger charge is 2.22. The molecule has 2 nitrogen and oxygen atoms in total. The maximum atomic E-state index is 5.61. The van der Waals surface area contributed by atoms with Crippen LogP contribution in [0.1, 0.15) is 42.4 Å². The van der Waals surface area contributed by atoms with E-state index in [0.717, 1.165) is 12.3 Å². The molecule has 1 aliphatic heterocycles. The highest BCUT2D eigenvalue weighted by Crippen LogP contribution is 2.35. The second-order valence-electron chi connectivity index (χ2n) is 5.21. The van der Waals surface area contributed by atoms with Crippen LogP contribution in [0.2, 0.25) is 0 Å². The van der Waals surface area contributed by atoms with Crippen molar-refractivity contribution in [2.45, 2.75) is 45.6 Å². The normalized spacial score (nSPS) is 24.7. The van der Waals surface area contributed by atoms with Gasteiger partial charge in [0, 0.05) is 18.5 Å². The Morgan fingerprint density at radius 3 is 2.59 bits per heavy atom. The number of aryl methyl sites for hydroxylation is 1. The largest absolute Gasteiger partial charge is 0.496 e. The van der Waals surface area contributed by atoms with Gasteiger partial charge in [0.25, 0.3) is 0 Å².